The SMILES string of the molecule is Cc1cc(C(=O)N2CCC3(CC2)CC(N2CCN(C(C)C)CC2)CCO3)n[nH]1. The molecular formula is C21H35N5O2. The van der Waals surface area contributed by atoms with E-state index >= 15 is 0 Å². The van der Waals surface area contributed by atoms with Gasteiger partial charge in [-0.3, -0.25) is 19.7 Å². The lowest BCUT2D eigenvalue weighted by molar-refractivity contribution is -0.132. The molecule has 1 aromatic heterocycles. The molecule has 7 heteroatoms. The second-order valence-electron chi connectivity index (χ2n) is 9.07. The van der Waals surface area contributed by atoms with Crippen LogP contribution in [0.5, 0.6) is 0 Å². The Kier molecular flexibility index (Phi) is 5.76. The monoisotopic (exact) mass is 389 g/mol. The summed E-state index contributed by atoms with van der Waals surface area (Å²) in [7, 11) is 0. The Morgan fingerprint density at radius 1 is 1.21 bits per heavy atom. The highest BCUT2D eigenvalue weighted by Gasteiger charge is 2.43. The van der Waals surface area contributed by atoms with Crippen LogP contribution in [-0.4, -0.2) is 94.4 Å². The molecular weight excluding hydrogens is 354 g/mol. The number of piperazine rings is 1. The number of aryl methyl sites for hydroxylation is 1. The van der Waals surface area contributed by atoms with Crippen molar-refractivity contribution in [3.63, 3.8) is 0 Å². The summed E-state index contributed by atoms with van der Waals surface area (Å²) in [5.74, 6) is 0.0383. The Labute approximate surface area is 168 Å². The number of likely N-dealkylation sites (tertiary alicyclic amines) is 1. The zero-order valence-corrected chi connectivity index (χ0v) is 17.6. The number of carbonyl (C=O) groups excluding carboxylic acids is 1. The van der Waals surface area contributed by atoms with E-state index in [-0.39, 0.29) is 11.5 Å². The van der Waals surface area contributed by atoms with Crippen molar-refractivity contribution in [2.24, 2.45) is 0 Å². The van der Waals surface area contributed by atoms with Gasteiger partial charge in [-0.25, -0.2) is 0 Å². The lowest BCUT2D eigenvalue weighted by atomic mass is 9.81. The van der Waals surface area contributed by atoms with Crippen LogP contribution in [0.3, 0.4) is 0 Å². The molecule has 3 aliphatic rings. The van der Waals surface area contributed by atoms with Gasteiger partial charge in [0.25, 0.3) is 5.91 Å². The summed E-state index contributed by atoms with van der Waals surface area (Å²) in [5.41, 5.74) is 1.41. The molecule has 28 heavy (non-hydrogen) atoms. The quantitative estimate of drug-likeness (QED) is 0.855. The summed E-state index contributed by atoms with van der Waals surface area (Å²) in [5, 5.41) is 6.99. The Morgan fingerprint density at radius 2 is 1.93 bits per heavy atom. The van der Waals surface area contributed by atoms with Gasteiger partial charge in [0.1, 0.15) is 5.69 Å². The summed E-state index contributed by atoms with van der Waals surface area (Å²) in [6, 6.07) is 3.10. The average molecular weight is 390 g/mol. The van der Waals surface area contributed by atoms with Gasteiger partial charge in [0.15, 0.2) is 0 Å². The van der Waals surface area contributed by atoms with Crippen molar-refractivity contribution >= 4 is 5.91 Å². The summed E-state index contributed by atoms with van der Waals surface area (Å²) in [6.07, 6.45) is 4.12. The van der Waals surface area contributed by atoms with E-state index in [1.54, 1.807) is 0 Å². The van der Waals surface area contributed by atoms with Crippen molar-refractivity contribution in [1.82, 2.24) is 24.9 Å². The molecule has 0 saturated carbocycles. The summed E-state index contributed by atoms with van der Waals surface area (Å²) >= 11 is 0. The van der Waals surface area contributed by atoms with Crippen molar-refractivity contribution in [3.8, 4) is 0 Å². The van der Waals surface area contributed by atoms with Crippen molar-refractivity contribution in [1.29, 1.82) is 0 Å². The second kappa shape index (κ2) is 8.13. The molecule has 0 bridgehead atoms. The van der Waals surface area contributed by atoms with Gasteiger partial charge in [0.05, 0.1) is 5.60 Å². The first kappa shape index (κ1) is 19.9. The summed E-state index contributed by atoms with van der Waals surface area (Å²) in [4.78, 5) is 19.9. The molecule has 1 unspecified atom stereocenters. The van der Waals surface area contributed by atoms with Crippen LogP contribution < -0.4 is 0 Å². The van der Waals surface area contributed by atoms with Gasteiger partial charge in [0.2, 0.25) is 0 Å². The van der Waals surface area contributed by atoms with E-state index in [0.29, 0.717) is 17.8 Å². The van der Waals surface area contributed by atoms with E-state index in [1.165, 1.54) is 26.2 Å². The maximum Gasteiger partial charge on any atom is 0.274 e. The first-order valence-electron chi connectivity index (χ1n) is 10.9. The molecule has 1 atom stereocenters. The van der Waals surface area contributed by atoms with E-state index in [4.69, 9.17) is 4.74 Å². The third kappa shape index (κ3) is 4.11. The van der Waals surface area contributed by atoms with E-state index in [9.17, 15) is 4.79 Å². The number of H-pyrrole nitrogens is 1. The summed E-state index contributed by atoms with van der Waals surface area (Å²) in [6.45, 7) is 13.6. The highest BCUT2D eigenvalue weighted by molar-refractivity contribution is 5.92. The Hall–Kier alpha value is -1.44. The molecule has 7 nitrogen and oxygen atoms in total. The highest BCUT2D eigenvalue weighted by atomic mass is 16.5. The number of rotatable bonds is 3. The standard InChI is InChI=1S/C21H35N5O2/c1-16(2)24-9-11-25(12-10-24)18-4-13-28-21(15-18)5-7-26(8-6-21)20(27)19-14-17(3)22-23-19/h14,16,18H,4-13,15H2,1-3H3,(H,22,23). The van der Waals surface area contributed by atoms with Gasteiger partial charge in [-0.05, 0) is 52.5 Å². The molecule has 156 valence electrons. The molecule has 3 fully saturated rings. The molecule has 0 aliphatic carbocycles. The molecule has 1 amide bonds. The number of hydrogen-bond donors (Lipinski definition) is 1. The largest absolute Gasteiger partial charge is 0.375 e. The van der Waals surface area contributed by atoms with Gasteiger partial charge in [-0.2, -0.15) is 5.10 Å². The molecule has 0 radical (unpaired) electrons. The van der Waals surface area contributed by atoms with Crippen molar-refractivity contribution < 1.29 is 9.53 Å². The number of nitrogens with one attached hydrogen (secondary N) is 1. The minimum atomic E-state index is -0.0453. The van der Waals surface area contributed by atoms with Gasteiger partial charge in [0, 0.05) is 63.7 Å². The second-order valence-corrected chi connectivity index (χ2v) is 9.07. The molecule has 4 rings (SSSR count). The average Bonchev–Trinajstić information content (AvgIpc) is 3.14. The number of nitrogens with zero attached hydrogens (tertiary/aromatic N) is 4. The zero-order valence-electron chi connectivity index (χ0n) is 17.6. The third-order valence-corrected chi connectivity index (χ3v) is 6.95. The van der Waals surface area contributed by atoms with Crippen LogP contribution in [0.1, 0.15) is 55.7 Å². The van der Waals surface area contributed by atoms with Crippen molar-refractivity contribution in [3.05, 3.63) is 17.5 Å². The summed E-state index contributed by atoms with van der Waals surface area (Å²) < 4.78 is 6.33. The Morgan fingerprint density at radius 3 is 2.54 bits per heavy atom. The Balaban J connectivity index is 1.32. The Bertz CT molecular complexity index is 672. The normalized spacial score (nSPS) is 26.9. The molecule has 1 N–H and O–H groups in total. The highest BCUT2D eigenvalue weighted by Crippen LogP contribution is 2.37. The van der Waals surface area contributed by atoms with Crippen LogP contribution in [-0.2, 0) is 4.74 Å². The predicted molar refractivity (Wildman–Crippen MR) is 108 cm³/mol. The molecule has 1 spiro atoms. The minimum absolute atomic E-state index is 0.0383. The first-order valence-corrected chi connectivity index (χ1v) is 10.9. The van der Waals surface area contributed by atoms with Crippen LogP contribution in [0.25, 0.3) is 0 Å². The van der Waals surface area contributed by atoms with E-state index in [1.807, 2.05) is 17.9 Å². The number of carbonyl (C=O) groups is 1. The number of piperidine rings is 1. The van der Waals surface area contributed by atoms with E-state index < -0.39 is 0 Å². The lowest BCUT2D eigenvalue weighted by Gasteiger charge is -2.50. The minimum Gasteiger partial charge on any atom is -0.375 e. The molecule has 4 heterocycles. The van der Waals surface area contributed by atoms with Gasteiger partial charge >= 0.3 is 0 Å². The first-order chi connectivity index (χ1) is 13.5. The molecule has 1 aromatic rings. The number of aromatic nitrogens is 2. The van der Waals surface area contributed by atoms with Crippen molar-refractivity contribution in [2.45, 2.75) is 64.1 Å². The number of amides is 1. The topological polar surface area (TPSA) is 64.7 Å². The smallest absolute Gasteiger partial charge is 0.274 e. The number of hydrogen-bond acceptors (Lipinski definition) is 5. The zero-order chi connectivity index (χ0) is 19.7. The maximum absolute atomic E-state index is 12.7. The van der Waals surface area contributed by atoms with Crippen LogP contribution in [0.4, 0.5) is 0 Å². The van der Waals surface area contributed by atoms with Crippen molar-refractivity contribution in [2.75, 3.05) is 45.9 Å². The maximum atomic E-state index is 12.7. The molecule has 3 aliphatic heterocycles. The van der Waals surface area contributed by atoms with Crippen LogP contribution in [0, 0.1) is 6.92 Å². The molecule has 0 aromatic carbocycles. The lowest BCUT2D eigenvalue weighted by Crippen LogP contribution is -2.58. The fourth-order valence-electron chi connectivity index (χ4n) is 5.09. The van der Waals surface area contributed by atoms with E-state index in [0.717, 1.165) is 51.1 Å². The number of ether oxygens (including phenoxy) is 1. The fourth-order valence-corrected chi connectivity index (χ4v) is 5.09. The third-order valence-electron chi connectivity index (χ3n) is 6.95. The van der Waals surface area contributed by atoms with Gasteiger partial charge in [-0.1, -0.05) is 0 Å². The predicted octanol–water partition coefficient (Wildman–Crippen LogP) is 1.90. The fraction of sp³-hybridized carbons (Fsp3) is 0.810. The van der Waals surface area contributed by atoms with Crippen LogP contribution in [0.15, 0.2) is 6.07 Å². The van der Waals surface area contributed by atoms with Gasteiger partial charge in [-0.15, -0.1) is 0 Å². The van der Waals surface area contributed by atoms with Gasteiger partial charge < -0.3 is 9.64 Å². The molecule has 3 saturated heterocycles. The number of aromatic amines is 1. The van der Waals surface area contributed by atoms with Crippen LogP contribution >= 0.6 is 0 Å². The van der Waals surface area contributed by atoms with Crippen LogP contribution in [0.2, 0.25) is 0 Å². The van der Waals surface area contributed by atoms with E-state index in [2.05, 4.69) is 33.8 Å².